The van der Waals surface area contributed by atoms with Crippen LogP contribution in [0.3, 0.4) is 0 Å². The Morgan fingerprint density at radius 3 is 2.63 bits per heavy atom. The number of nitrogens with zero attached hydrogens (tertiary/aromatic N) is 2. The normalized spacial score (nSPS) is 17.3. The quantitative estimate of drug-likeness (QED) is 0.205. The highest BCUT2D eigenvalue weighted by Gasteiger charge is 2.48. The van der Waals surface area contributed by atoms with Gasteiger partial charge in [0.1, 0.15) is 5.76 Å². The molecule has 0 spiro atoms. The topological polar surface area (TPSA) is 100.0 Å². The number of fused-ring (bicyclic) bond motifs is 1. The SMILES string of the molecule is CCOc1cc(C2C(=C(O)c3ccccc3)C(=O)C(=O)N2c2nc3ccc(Cl)cc3s2)ccc1O. The fraction of sp³-hybridized carbons (Fsp3) is 0.115. The lowest BCUT2D eigenvalue weighted by molar-refractivity contribution is -0.132. The van der Waals surface area contributed by atoms with E-state index in [2.05, 4.69) is 4.98 Å². The number of phenols is 1. The number of carbonyl (C=O) groups excluding carboxylic acids is 2. The number of benzene rings is 3. The molecule has 5 rings (SSSR count). The standard InChI is InChI=1S/C26H19ClN2O5S/c1-2-34-19-12-15(8-11-18(19)30)22-21(23(31)14-6-4-3-5-7-14)24(32)25(33)29(22)26-28-17-10-9-16(27)13-20(17)35-26/h3-13,22,30-31H,2H2,1H3. The van der Waals surface area contributed by atoms with Gasteiger partial charge in [-0.2, -0.15) is 0 Å². The van der Waals surface area contributed by atoms with E-state index in [1.807, 2.05) is 0 Å². The number of halogens is 1. The second-order valence-electron chi connectivity index (χ2n) is 7.80. The molecule has 176 valence electrons. The van der Waals surface area contributed by atoms with Crippen molar-refractivity contribution in [3.63, 3.8) is 0 Å². The molecule has 7 nitrogen and oxygen atoms in total. The highest BCUT2D eigenvalue weighted by Crippen LogP contribution is 2.45. The average Bonchev–Trinajstić information content (AvgIpc) is 3.38. The van der Waals surface area contributed by atoms with Crippen molar-refractivity contribution < 1.29 is 24.5 Å². The number of aromatic hydroxyl groups is 1. The fourth-order valence-corrected chi connectivity index (χ4v) is 5.33. The van der Waals surface area contributed by atoms with E-state index < -0.39 is 17.7 Å². The molecule has 1 aromatic heterocycles. The molecular weight excluding hydrogens is 488 g/mol. The van der Waals surface area contributed by atoms with Crippen molar-refractivity contribution >= 4 is 55.7 Å². The van der Waals surface area contributed by atoms with Crippen LogP contribution in [0.4, 0.5) is 5.13 Å². The molecule has 0 saturated carbocycles. The first-order valence-corrected chi connectivity index (χ1v) is 12.0. The fourth-order valence-electron chi connectivity index (χ4n) is 4.06. The minimum absolute atomic E-state index is 0.0772. The minimum Gasteiger partial charge on any atom is -0.507 e. The van der Waals surface area contributed by atoms with Crippen molar-refractivity contribution in [2.45, 2.75) is 13.0 Å². The first-order valence-electron chi connectivity index (χ1n) is 10.8. The third-order valence-corrected chi connectivity index (χ3v) is 6.89. The zero-order valence-corrected chi connectivity index (χ0v) is 20.0. The average molecular weight is 507 g/mol. The molecule has 1 fully saturated rings. The summed E-state index contributed by atoms with van der Waals surface area (Å²) in [6.07, 6.45) is 0. The summed E-state index contributed by atoms with van der Waals surface area (Å²) in [5.41, 5.74) is 1.42. The van der Waals surface area contributed by atoms with Gasteiger partial charge < -0.3 is 14.9 Å². The summed E-state index contributed by atoms with van der Waals surface area (Å²) >= 11 is 7.34. The van der Waals surface area contributed by atoms with Crippen molar-refractivity contribution in [2.75, 3.05) is 11.5 Å². The number of carbonyl (C=O) groups is 2. The number of rotatable bonds is 5. The molecule has 4 aromatic rings. The molecule has 3 aromatic carbocycles. The first-order chi connectivity index (χ1) is 16.9. The summed E-state index contributed by atoms with van der Waals surface area (Å²) in [7, 11) is 0. The summed E-state index contributed by atoms with van der Waals surface area (Å²) in [5, 5.41) is 22.2. The molecule has 1 atom stereocenters. The number of thiazole rings is 1. The molecule has 0 aliphatic carbocycles. The maximum absolute atomic E-state index is 13.3. The van der Waals surface area contributed by atoms with Gasteiger partial charge in [-0.15, -0.1) is 0 Å². The van der Waals surface area contributed by atoms with Crippen molar-refractivity contribution in [3.8, 4) is 11.5 Å². The zero-order chi connectivity index (χ0) is 24.7. The summed E-state index contributed by atoms with van der Waals surface area (Å²) in [6.45, 7) is 2.08. The largest absolute Gasteiger partial charge is 0.507 e. The Labute approximate surface area is 209 Å². The number of phenolic OH excluding ortho intramolecular Hbond substituents is 1. The molecule has 1 aliphatic rings. The molecule has 9 heteroatoms. The second kappa shape index (κ2) is 9.05. The maximum Gasteiger partial charge on any atom is 0.301 e. The van der Waals surface area contributed by atoms with Gasteiger partial charge in [0.25, 0.3) is 5.78 Å². The molecular formula is C26H19ClN2O5S. The number of anilines is 1. The van der Waals surface area contributed by atoms with Crippen LogP contribution in [0.15, 0.2) is 72.3 Å². The lowest BCUT2D eigenvalue weighted by Crippen LogP contribution is -2.29. The second-order valence-corrected chi connectivity index (χ2v) is 9.25. The Kier molecular flexibility index (Phi) is 5.92. The van der Waals surface area contributed by atoms with E-state index in [4.69, 9.17) is 16.3 Å². The minimum atomic E-state index is -0.994. The number of aliphatic hydroxyl groups is 1. The number of ether oxygens (including phenoxy) is 1. The molecule has 2 N–H and O–H groups in total. The van der Waals surface area contributed by atoms with Gasteiger partial charge in [-0.3, -0.25) is 14.5 Å². The van der Waals surface area contributed by atoms with Gasteiger partial charge in [0, 0.05) is 10.6 Å². The van der Waals surface area contributed by atoms with Crippen LogP contribution >= 0.6 is 22.9 Å². The van der Waals surface area contributed by atoms with Crippen molar-refractivity contribution in [1.82, 2.24) is 4.98 Å². The third-order valence-electron chi connectivity index (χ3n) is 5.64. The van der Waals surface area contributed by atoms with Crippen LogP contribution in [0.5, 0.6) is 11.5 Å². The van der Waals surface area contributed by atoms with Gasteiger partial charge in [0.05, 0.1) is 28.4 Å². The molecule has 1 unspecified atom stereocenters. The number of ketones is 1. The Morgan fingerprint density at radius 1 is 1.11 bits per heavy atom. The molecule has 0 bridgehead atoms. The van der Waals surface area contributed by atoms with E-state index in [1.54, 1.807) is 67.6 Å². The maximum atomic E-state index is 13.3. The predicted molar refractivity (Wildman–Crippen MR) is 135 cm³/mol. The molecule has 1 saturated heterocycles. The van der Waals surface area contributed by atoms with Gasteiger partial charge in [0.2, 0.25) is 0 Å². The number of hydrogen-bond acceptors (Lipinski definition) is 7. The van der Waals surface area contributed by atoms with Crippen LogP contribution in [-0.2, 0) is 9.59 Å². The molecule has 0 radical (unpaired) electrons. The van der Waals surface area contributed by atoms with Crippen LogP contribution in [0.2, 0.25) is 5.02 Å². The highest BCUT2D eigenvalue weighted by atomic mass is 35.5. The number of aliphatic hydroxyl groups excluding tert-OH is 1. The number of aromatic nitrogens is 1. The van der Waals surface area contributed by atoms with Gasteiger partial charge in [-0.1, -0.05) is 59.3 Å². The summed E-state index contributed by atoms with van der Waals surface area (Å²) in [4.78, 5) is 32.5. The van der Waals surface area contributed by atoms with Gasteiger partial charge in [-0.25, -0.2) is 4.98 Å². The molecule has 1 aliphatic heterocycles. The Hall–Kier alpha value is -3.88. The molecule has 35 heavy (non-hydrogen) atoms. The number of Topliss-reactive ketones (excluding diaryl/α,β-unsaturated/α-hetero) is 1. The summed E-state index contributed by atoms with van der Waals surface area (Å²) < 4.78 is 6.28. The first kappa shape index (κ1) is 22.9. The van der Waals surface area contributed by atoms with Crippen LogP contribution in [0.1, 0.15) is 24.1 Å². The van der Waals surface area contributed by atoms with E-state index in [9.17, 15) is 19.8 Å². The zero-order valence-electron chi connectivity index (χ0n) is 18.4. The van der Waals surface area contributed by atoms with E-state index in [-0.39, 0.29) is 28.0 Å². The predicted octanol–water partition coefficient (Wildman–Crippen LogP) is 5.68. The van der Waals surface area contributed by atoms with E-state index in [0.717, 1.165) is 4.70 Å². The van der Waals surface area contributed by atoms with Crippen molar-refractivity contribution in [3.05, 3.63) is 88.5 Å². The summed E-state index contributed by atoms with van der Waals surface area (Å²) in [6, 6.07) is 17.3. The van der Waals surface area contributed by atoms with Gasteiger partial charge >= 0.3 is 5.91 Å². The third kappa shape index (κ3) is 4.00. The highest BCUT2D eigenvalue weighted by molar-refractivity contribution is 7.22. The summed E-state index contributed by atoms with van der Waals surface area (Å²) in [5.74, 6) is -1.83. The van der Waals surface area contributed by atoms with E-state index >= 15 is 0 Å². The van der Waals surface area contributed by atoms with Crippen LogP contribution in [0, 0.1) is 0 Å². The van der Waals surface area contributed by atoms with Crippen LogP contribution in [-0.4, -0.2) is 33.5 Å². The molecule has 1 amide bonds. The van der Waals surface area contributed by atoms with Crippen LogP contribution < -0.4 is 9.64 Å². The Balaban J connectivity index is 1.74. The van der Waals surface area contributed by atoms with E-state index in [0.29, 0.717) is 28.3 Å². The number of amides is 1. The van der Waals surface area contributed by atoms with Crippen molar-refractivity contribution in [2.24, 2.45) is 0 Å². The molecule has 2 heterocycles. The lowest BCUT2D eigenvalue weighted by atomic mass is 9.95. The van der Waals surface area contributed by atoms with Gasteiger partial charge in [-0.05, 0) is 42.8 Å². The Morgan fingerprint density at radius 2 is 1.89 bits per heavy atom. The van der Waals surface area contributed by atoms with Crippen molar-refractivity contribution in [1.29, 1.82) is 0 Å². The van der Waals surface area contributed by atoms with Crippen LogP contribution in [0.25, 0.3) is 16.0 Å². The lowest BCUT2D eigenvalue weighted by Gasteiger charge is -2.23. The van der Waals surface area contributed by atoms with E-state index in [1.165, 1.54) is 22.3 Å². The number of hydrogen-bond donors (Lipinski definition) is 2. The smallest absolute Gasteiger partial charge is 0.301 e. The van der Waals surface area contributed by atoms with Gasteiger partial charge in [0.15, 0.2) is 16.6 Å². The Bertz CT molecular complexity index is 1500. The monoisotopic (exact) mass is 506 g/mol.